The van der Waals surface area contributed by atoms with Crippen molar-refractivity contribution in [1.29, 1.82) is 5.26 Å². The molecule has 0 aliphatic rings. The van der Waals surface area contributed by atoms with Crippen molar-refractivity contribution >= 4 is 22.6 Å². The first kappa shape index (κ1) is 11.5. The number of nitrogens with one attached hydrogen (secondary N) is 1. The molecule has 0 fully saturated rings. The van der Waals surface area contributed by atoms with E-state index in [0.717, 1.165) is 5.56 Å². The van der Waals surface area contributed by atoms with Crippen LogP contribution in [0.2, 0.25) is 0 Å². The Labute approximate surface area is 92.0 Å². The highest BCUT2D eigenvalue weighted by Crippen LogP contribution is 2.20. The van der Waals surface area contributed by atoms with Gasteiger partial charge in [0.25, 0.3) is 0 Å². The molecule has 0 amide bonds. The van der Waals surface area contributed by atoms with Gasteiger partial charge in [0.05, 0.1) is 5.69 Å². The van der Waals surface area contributed by atoms with Gasteiger partial charge in [-0.05, 0) is 30.9 Å². The van der Waals surface area contributed by atoms with E-state index in [1.54, 1.807) is 18.5 Å². The molecule has 0 saturated carbocycles. The van der Waals surface area contributed by atoms with Gasteiger partial charge in [-0.1, -0.05) is 17.8 Å². The van der Waals surface area contributed by atoms with Crippen molar-refractivity contribution < 1.29 is 4.39 Å². The van der Waals surface area contributed by atoms with Gasteiger partial charge in [-0.3, -0.25) is 5.32 Å². The van der Waals surface area contributed by atoms with Crippen molar-refractivity contribution in [1.82, 2.24) is 5.32 Å². The Balaban J connectivity index is 3.05. The average molecular weight is 223 g/mol. The molecule has 1 N–H and O–H groups in total. The summed E-state index contributed by atoms with van der Waals surface area (Å²) in [4.78, 5) is 4.13. The number of thioether (sulfide) groups is 1. The molecule has 78 valence electrons. The van der Waals surface area contributed by atoms with Gasteiger partial charge < -0.3 is 0 Å². The smallest absolute Gasteiger partial charge is 0.183 e. The van der Waals surface area contributed by atoms with Gasteiger partial charge in [0.2, 0.25) is 0 Å². The van der Waals surface area contributed by atoms with Crippen LogP contribution in [0.4, 0.5) is 10.1 Å². The summed E-state index contributed by atoms with van der Waals surface area (Å²) in [7, 11) is 0. The van der Waals surface area contributed by atoms with E-state index < -0.39 is 0 Å². The second-order valence-corrected chi connectivity index (χ2v) is 3.58. The molecule has 15 heavy (non-hydrogen) atoms. The zero-order valence-electron chi connectivity index (χ0n) is 8.41. The number of amidine groups is 1. The first-order valence-electron chi connectivity index (χ1n) is 4.21. The molecule has 0 bridgehead atoms. The second-order valence-electron chi connectivity index (χ2n) is 2.79. The van der Waals surface area contributed by atoms with Crippen LogP contribution in [-0.2, 0) is 0 Å². The molecule has 1 aromatic rings. The summed E-state index contributed by atoms with van der Waals surface area (Å²) in [5, 5.41) is 11.3. The van der Waals surface area contributed by atoms with Crippen LogP contribution in [0, 0.1) is 24.2 Å². The molecular weight excluding hydrogens is 213 g/mol. The Morgan fingerprint density at radius 1 is 1.60 bits per heavy atom. The van der Waals surface area contributed by atoms with Crippen LogP contribution in [0.3, 0.4) is 0 Å². The van der Waals surface area contributed by atoms with Crippen molar-refractivity contribution in [3.63, 3.8) is 0 Å². The summed E-state index contributed by atoms with van der Waals surface area (Å²) in [5.74, 6) is -0.336. The fourth-order valence-corrected chi connectivity index (χ4v) is 1.32. The lowest BCUT2D eigenvalue weighted by Gasteiger charge is -2.02. The maximum Gasteiger partial charge on any atom is 0.183 e. The first-order valence-corrected chi connectivity index (χ1v) is 5.43. The van der Waals surface area contributed by atoms with E-state index in [1.165, 1.54) is 23.9 Å². The molecule has 0 radical (unpaired) electrons. The number of hydrogen-bond donors (Lipinski definition) is 1. The summed E-state index contributed by atoms with van der Waals surface area (Å²) in [6.45, 7) is 1.84. The van der Waals surface area contributed by atoms with Gasteiger partial charge in [-0.15, -0.1) is 0 Å². The fraction of sp³-hybridized carbons (Fsp3) is 0.200. The minimum absolute atomic E-state index is 0.336. The number of nitriles is 1. The van der Waals surface area contributed by atoms with E-state index >= 15 is 0 Å². The van der Waals surface area contributed by atoms with E-state index in [2.05, 4.69) is 10.3 Å². The second kappa shape index (κ2) is 5.37. The number of aryl methyl sites for hydroxylation is 1. The molecule has 0 aliphatic carbocycles. The third-order valence-electron chi connectivity index (χ3n) is 1.75. The van der Waals surface area contributed by atoms with E-state index in [9.17, 15) is 4.39 Å². The third kappa shape index (κ3) is 3.26. The van der Waals surface area contributed by atoms with Crippen molar-refractivity contribution in [3.8, 4) is 6.19 Å². The van der Waals surface area contributed by atoms with Crippen LogP contribution < -0.4 is 5.32 Å². The Morgan fingerprint density at radius 2 is 2.33 bits per heavy atom. The van der Waals surface area contributed by atoms with E-state index in [4.69, 9.17) is 5.26 Å². The topological polar surface area (TPSA) is 48.2 Å². The summed E-state index contributed by atoms with van der Waals surface area (Å²) in [6, 6.07) is 4.37. The third-order valence-corrected chi connectivity index (χ3v) is 2.33. The van der Waals surface area contributed by atoms with Crippen LogP contribution in [0.5, 0.6) is 0 Å². The van der Waals surface area contributed by atoms with Gasteiger partial charge in [-0.25, -0.2) is 9.38 Å². The zero-order valence-corrected chi connectivity index (χ0v) is 9.23. The van der Waals surface area contributed by atoms with Crippen molar-refractivity contribution in [2.24, 2.45) is 4.99 Å². The Hall–Kier alpha value is -1.54. The van der Waals surface area contributed by atoms with Crippen LogP contribution in [0.1, 0.15) is 5.56 Å². The molecule has 0 aliphatic heterocycles. The highest BCUT2D eigenvalue weighted by Gasteiger charge is 2.01. The lowest BCUT2D eigenvalue weighted by molar-refractivity contribution is 0.628. The van der Waals surface area contributed by atoms with E-state index in [1.807, 2.05) is 6.92 Å². The van der Waals surface area contributed by atoms with Gasteiger partial charge in [0.1, 0.15) is 5.82 Å². The maximum absolute atomic E-state index is 12.9. The number of benzene rings is 1. The molecule has 0 unspecified atom stereocenters. The Morgan fingerprint density at radius 3 is 2.93 bits per heavy atom. The quantitative estimate of drug-likeness (QED) is 0.344. The number of halogens is 1. The number of rotatable bonds is 1. The molecule has 0 saturated heterocycles. The van der Waals surface area contributed by atoms with Crippen LogP contribution >= 0.6 is 11.8 Å². The number of hydrogen-bond acceptors (Lipinski definition) is 3. The number of aliphatic imine (C=N–C) groups is 1. The average Bonchev–Trinajstić information content (AvgIpc) is 2.22. The van der Waals surface area contributed by atoms with Crippen molar-refractivity contribution in [2.75, 3.05) is 6.26 Å². The molecule has 0 spiro atoms. The monoisotopic (exact) mass is 223 g/mol. The maximum atomic E-state index is 12.9. The summed E-state index contributed by atoms with van der Waals surface area (Å²) >= 11 is 1.30. The largest absolute Gasteiger partial charge is 0.271 e. The highest BCUT2D eigenvalue weighted by molar-refractivity contribution is 8.13. The molecule has 0 atom stereocenters. The Bertz CT molecular complexity index is 423. The van der Waals surface area contributed by atoms with Crippen LogP contribution in [0.25, 0.3) is 0 Å². The molecule has 3 nitrogen and oxygen atoms in total. The molecule has 0 heterocycles. The lowest BCUT2D eigenvalue weighted by atomic mass is 10.2. The molecular formula is C10H10FN3S. The minimum atomic E-state index is -0.336. The fourth-order valence-electron chi connectivity index (χ4n) is 0.985. The molecule has 1 rings (SSSR count). The summed E-state index contributed by atoms with van der Waals surface area (Å²) < 4.78 is 12.9. The van der Waals surface area contributed by atoms with Crippen LogP contribution in [0.15, 0.2) is 23.2 Å². The normalized spacial score (nSPS) is 10.9. The van der Waals surface area contributed by atoms with Gasteiger partial charge in [0.15, 0.2) is 11.4 Å². The SMILES string of the molecule is CSC(=Nc1cc(F)ccc1C)NC#N. The van der Waals surface area contributed by atoms with Crippen LogP contribution in [-0.4, -0.2) is 11.4 Å². The first-order chi connectivity index (χ1) is 7.17. The molecule has 1 aromatic carbocycles. The summed E-state index contributed by atoms with van der Waals surface area (Å²) in [6.07, 6.45) is 3.57. The standard InChI is InChI=1S/C10H10FN3S/c1-7-3-4-8(11)5-9(7)14-10(15-2)13-6-12/h3-5H,1-2H3,(H,13,14). The van der Waals surface area contributed by atoms with Crippen molar-refractivity contribution in [2.45, 2.75) is 6.92 Å². The van der Waals surface area contributed by atoms with Crippen molar-refractivity contribution in [3.05, 3.63) is 29.6 Å². The summed E-state index contributed by atoms with van der Waals surface area (Å²) in [5.41, 5.74) is 1.39. The zero-order chi connectivity index (χ0) is 11.3. The molecule has 5 heteroatoms. The van der Waals surface area contributed by atoms with E-state index in [-0.39, 0.29) is 5.82 Å². The predicted octanol–water partition coefficient (Wildman–Crippen LogP) is 2.56. The van der Waals surface area contributed by atoms with Gasteiger partial charge in [-0.2, -0.15) is 5.26 Å². The van der Waals surface area contributed by atoms with Gasteiger partial charge in [0, 0.05) is 0 Å². The lowest BCUT2D eigenvalue weighted by Crippen LogP contribution is -2.12. The number of nitrogens with zero attached hydrogens (tertiary/aromatic N) is 2. The highest BCUT2D eigenvalue weighted by atomic mass is 32.2. The van der Waals surface area contributed by atoms with E-state index in [0.29, 0.717) is 10.9 Å². The van der Waals surface area contributed by atoms with Gasteiger partial charge >= 0.3 is 0 Å². The molecule has 0 aromatic heterocycles. The Kier molecular flexibility index (Phi) is 4.13. The minimum Gasteiger partial charge on any atom is -0.271 e. The predicted molar refractivity (Wildman–Crippen MR) is 60.5 cm³/mol.